The van der Waals surface area contributed by atoms with E-state index in [1.54, 1.807) is 24.3 Å². The van der Waals surface area contributed by atoms with Gasteiger partial charge in [-0.15, -0.1) is 0 Å². The molecule has 624 valence electrons. The van der Waals surface area contributed by atoms with E-state index in [1.165, 1.54) is 60.4 Å². The molecule has 13 rings (SSSR count). The average Bonchev–Trinajstić information content (AvgIpc) is 0.820. The van der Waals surface area contributed by atoms with Gasteiger partial charge in [-0.3, -0.25) is 9.59 Å². The van der Waals surface area contributed by atoms with Crippen LogP contribution in [0, 0.1) is 0 Å². The highest BCUT2D eigenvalue weighted by molar-refractivity contribution is 7.79. The molecule has 0 aliphatic heterocycles. The molecule has 0 bridgehead atoms. The molecule has 0 saturated heterocycles. The van der Waals surface area contributed by atoms with Crippen LogP contribution in [0.2, 0.25) is 0 Å². The Bertz CT molecular complexity index is 3480. The summed E-state index contributed by atoms with van der Waals surface area (Å²) in [6.45, 7) is 48.6. The van der Waals surface area contributed by atoms with Crippen molar-refractivity contribution in [3.05, 3.63) is 450 Å². The Morgan fingerprint density at radius 3 is 0.388 bits per heavy atom. The minimum absolute atomic E-state index is 0. The van der Waals surface area contributed by atoms with Crippen LogP contribution >= 0.6 is 7.92 Å². The van der Waals surface area contributed by atoms with Gasteiger partial charge in [0.1, 0.15) is 12.6 Å². The molecule has 0 amide bonds. The molecule has 3 heteroatoms. The van der Waals surface area contributed by atoms with Crippen molar-refractivity contribution in [1.29, 1.82) is 0 Å². The fourth-order valence-electron chi connectivity index (χ4n) is 8.74. The molecule has 0 aromatic heterocycles. The number of hydrogen-bond donors (Lipinski definition) is 0. The Kier molecular flexibility index (Phi) is 100. The summed E-state index contributed by atoms with van der Waals surface area (Å²) in [5, 5.41) is 4.19. The normalized spacial score (nSPS) is 8.49. The van der Waals surface area contributed by atoms with Gasteiger partial charge < -0.3 is 0 Å². The third-order valence-electron chi connectivity index (χ3n) is 14.1. The zero-order valence-corrected chi connectivity index (χ0v) is 76.5. The largest absolute Gasteiger partial charge is 0.298 e. The van der Waals surface area contributed by atoms with Crippen molar-refractivity contribution in [2.24, 2.45) is 0 Å². The van der Waals surface area contributed by atoms with Crippen LogP contribution in [0.25, 0.3) is 24.3 Å². The van der Waals surface area contributed by atoms with Gasteiger partial charge in [0.15, 0.2) is 0 Å². The smallest absolute Gasteiger partial charge is 0.150 e. The maximum atomic E-state index is 10.0. The second-order valence-corrected chi connectivity index (χ2v) is 23.3. The van der Waals surface area contributed by atoms with E-state index in [2.05, 4.69) is 289 Å². The number of carbonyl (C=O) groups excluding carboxylic acids is 2. The molecule has 13 aromatic rings. The summed E-state index contributed by atoms with van der Waals surface area (Å²) in [7, 11) is -0.446. The molecule has 0 radical (unpaired) electrons. The van der Waals surface area contributed by atoms with E-state index >= 15 is 0 Å². The molecule has 0 atom stereocenters. The van der Waals surface area contributed by atoms with Gasteiger partial charge in [-0.25, -0.2) is 0 Å². The Labute approximate surface area is 714 Å². The molecular weight excluding hydrogens is 1420 g/mol. The lowest BCUT2D eigenvalue weighted by Gasteiger charge is -2.18. The van der Waals surface area contributed by atoms with E-state index in [4.69, 9.17) is 0 Å². The number of hydrogen-bond acceptors (Lipinski definition) is 2. The van der Waals surface area contributed by atoms with Gasteiger partial charge in [-0.2, -0.15) is 0 Å². The van der Waals surface area contributed by atoms with E-state index in [9.17, 15) is 9.59 Å². The van der Waals surface area contributed by atoms with Gasteiger partial charge in [-0.1, -0.05) is 592 Å². The standard InChI is InChI=1S/C18H15P.2C14H12.4C8H10.2C7H6O.10C2H6.CH4/c1-4-10-16(11-5-1)19(17-12-6-2-7-13-17)18-14-8-3-9-15-18;2*1-3-7-13(8-4-1)11-12-14-9-5-2-6-10-14;4*1-2-8-6-4-3-5-7-8;2*8-6-7-4-2-1-3-5-7;10*1-2;/h1-15H;2*1-12H;4*3-7H,2H2,1H3;2*1-6H;10*1-2H3;1H4. The molecule has 0 aliphatic carbocycles. The summed E-state index contributed by atoms with van der Waals surface area (Å²) in [4.78, 5) is 20.0. The monoisotopic (exact) mass is 1580 g/mol. The van der Waals surface area contributed by atoms with Crippen molar-refractivity contribution in [3.8, 4) is 0 Å². The van der Waals surface area contributed by atoms with Gasteiger partial charge in [0, 0.05) is 11.1 Å². The molecule has 116 heavy (non-hydrogen) atoms. The van der Waals surface area contributed by atoms with E-state index in [1.807, 2.05) is 272 Å². The molecule has 2 nitrogen and oxygen atoms in total. The van der Waals surface area contributed by atoms with E-state index in [-0.39, 0.29) is 7.43 Å². The van der Waals surface area contributed by atoms with Crippen LogP contribution in [0.5, 0.6) is 0 Å². The zero-order chi connectivity index (χ0) is 87.1. The Morgan fingerprint density at radius 1 is 0.172 bits per heavy atom. The van der Waals surface area contributed by atoms with Crippen LogP contribution in [0.1, 0.15) is 239 Å². The van der Waals surface area contributed by atoms with E-state index in [0.717, 1.165) is 49.4 Å². The molecule has 0 spiro atoms. The molecule has 13 aromatic carbocycles. The van der Waals surface area contributed by atoms with Crippen LogP contribution in [-0.4, -0.2) is 12.6 Å². The predicted molar refractivity (Wildman–Crippen MR) is 536 cm³/mol. The minimum atomic E-state index is -0.446. The van der Waals surface area contributed by atoms with Crippen LogP contribution in [0.3, 0.4) is 0 Å². The van der Waals surface area contributed by atoms with Crippen molar-refractivity contribution in [1.82, 2.24) is 0 Å². The number of carbonyl (C=O) groups is 2. The Morgan fingerprint density at radius 2 is 0.284 bits per heavy atom. The third kappa shape index (κ3) is 66.5. The maximum Gasteiger partial charge on any atom is 0.150 e. The van der Waals surface area contributed by atoms with Gasteiger partial charge in [0.2, 0.25) is 0 Å². The van der Waals surface area contributed by atoms with Gasteiger partial charge >= 0.3 is 0 Å². The summed E-state index contributed by atoms with van der Waals surface area (Å²) in [6, 6.07) is 134. The van der Waals surface area contributed by atoms with Crippen molar-refractivity contribution in [2.45, 2.75) is 199 Å². The molecule has 0 fully saturated rings. The molecule has 0 aliphatic rings. The summed E-state index contributed by atoms with van der Waals surface area (Å²) >= 11 is 0. The zero-order valence-electron chi connectivity index (χ0n) is 75.6. The molecule has 0 saturated carbocycles. The highest BCUT2D eigenvalue weighted by Gasteiger charge is 2.15. The van der Waals surface area contributed by atoms with E-state index < -0.39 is 7.92 Å². The fourth-order valence-corrected chi connectivity index (χ4v) is 11.0. The molecule has 0 unspecified atom stereocenters. The quantitative estimate of drug-likeness (QED) is 0.0655. The highest BCUT2D eigenvalue weighted by Crippen LogP contribution is 2.32. The van der Waals surface area contributed by atoms with Crippen LogP contribution in [0.15, 0.2) is 394 Å². The lowest BCUT2D eigenvalue weighted by Crippen LogP contribution is -2.20. The second kappa shape index (κ2) is 98.3. The first-order chi connectivity index (χ1) is 56.9. The summed E-state index contributed by atoms with van der Waals surface area (Å²) < 4.78 is 0. The van der Waals surface area contributed by atoms with Crippen molar-refractivity contribution < 1.29 is 9.59 Å². The predicted octanol–water partition coefficient (Wildman–Crippen LogP) is 34.1. The number of rotatable bonds is 13. The van der Waals surface area contributed by atoms with Crippen LogP contribution < -0.4 is 15.9 Å². The van der Waals surface area contributed by atoms with Crippen molar-refractivity contribution in [3.63, 3.8) is 0 Å². The summed E-state index contributed by atoms with van der Waals surface area (Å²) in [6.07, 6.45) is 14.7. The highest BCUT2D eigenvalue weighted by atomic mass is 31.1. The number of aryl methyl sites for hydroxylation is 4. The second-order valence-electron chi connectivity index (χ2n) is 21.1. The first kappa shape index (κ1) is 118. The first-order valence-corrected chi connectivity index (χ1v) is 44.0. The molecular formula is C113H155O2P. The van der Waals surface area contributed by atoms with Crippen molar-refractivity contribution >= 4 is 60.7 Å². The number of benzene rings is 13. The van der Waals surface area contributed by atoms with Gasteiger partial charge in [0.05, 0.1) is 0 Å². The fraction of sp³-hybridized carbons (Fsp3) is 0.257. The third-order valence-corrected chi connectivity index (χ3v) is 16.5. The van der Waals surface area contributed by atoms with Gasteiger partial charge in [0.25, 0.3) is 0 Å². The van der Waals surface area contributed by atoms with Crippen molar-refractivity contribution in [2.75, 3.05) is 0 Å². The lowest BCUT2D eigenvalue weighted by atomic mass is 10.1. The lowest BCUT2D eigenvalue weighted by molar-refractivity contribution is 0.111. The molecule has 0 N–H and O–H groups in total. The van der Waals surface area contributed by atoms with Crippen LogP contribution in [0.4, 0.5) is 0 Å². The average molecular weight is 1580 g/mol. The minimum Gasteiger partial charge on any atom is -0.298 e. The van der Waals surface area contributed by atoms with Gasteiger partial charge in [-0.05, 0) is 94.0 Å². The topological polar surface area (TPSA) is 34.1 Å². The van der Waals surface area contributed by atoms with E-state index in [0.29, 0.717) is 0 Å². The Hall–Kier alpha value is -10.9. The maximum absolute atomic E-state index is 10.0. The van der Waals surface area contributed by atoms with Crippen LogP contribution in [-0.2, 0) is 25.7 Å². The summed E-state index contributed by atoms with van der Waals surface area (Å²) in [5.41, 5.74) is 12.0. The Balaban J connectivity index is -0.000000227. The first-order valence-electron chi connectivity index (χ1n) is 42.6. The number of aldehydes is 2. The SMILES string of the molecule is C.C(=Cc1ccccc1)c1ccccc1.C(=Cc1ccccc1)c1ccccc1.CC.CC.CC.CC.CC.CC.CC.CC.CC.CC.CCc1ccccc1.CCc1ccccc1.CCc1ccccc1.CCc1ccccc1.O=Cc1ccccc1.O=Cc1ccccc1.c1ccc(P(c2ccccc2)c2ccccc2)cc1. The summed E-state index contributed by atoms with van der Waals surface area (Å²) in [5.74, 6) is 0. The molecule has 0 heterocycles.